The van der Waals surface area contributed by atoms with E-state index in [0.717, 1.165) is 25.8 Å². The summed E-state index contributed by atoms with van der Waals surface area (Å²) in [6, 6.07) is 17.1. The number of fused-ring (bicyclic) bond motifs is 6. The number of rotatable bonds is 1. The number of hydrogen-bond acceptors (Lipinski definition) is 2. The highest BCUT2D eigenvalue weighted by molar-refractivity contribution is 5.87. The molecule has 2 N–H and O–H groups in total. The fourth-order valence-electron chi connectivity index (χ4n) is 5.01. The van der Waals surface area contributed by atoms with E-state index in [-0.39, 0.29) is 5.41 Å². The van der Waals surface area contributed by atoms with E-state index in [4.69, 9.17) is 0 Å². The molecule has 3 nitrogen and oxygen atoms in total. The average Bonchev–Trinajstić information content (AvgIpc) is 2.97. The molecule has 2 bridgehead atoms. The van der Waals surface area contributed by atoms with Crippen molar-refractivity contribution in [3.05, 3.63) is 65.4 Å². The van der Waals surface area contributed by atoms with Gasteiger partial charge in [-0.05, 0) is 55.8 Å². The maximum Gasteiger partial charge on any atom is 0.115 e. The molecule has 3 heteroatoms. The van der Waals surface area contributed by atoms with Crippen molar-refractivity contribution >= 4 is 10.9 Å². The largest absolute Gasteiger partial charge is 0.508 e. The van der Waals surface area contributed by atoms with Gasteiger partial charge in [-0.1, -0.05) is 30.3 Å². The Labute approximate surface area is 141 Å². The zero-order valence-electron chi connectivity index (χ0n) is 13.9. The van der Waals surface area contributed by atoms with Crippen LogP contribution in [0.15, 0.2) is 48.5 Å². The van der Waals surface area contributed by atoms with Crippen LogP contribution in [-0.4, -0.2) is 34.6 Å². The van der Waals surface area contributed by atoms with E-state index >= 15 is 0 Å². The molecule has 24 heavy (non-hydrogen) atoms. The van der Waals surface area contributed by atoms with Crippen LogP contribution in [0.3, 0.4) is 0 Å². The third kappa shape index (κ3) is 1.82. The van der Waals surface area contributed by atoms with Crippen LogP contribution >= 0.6 is 0 Å². The quantitative estimate of drug-likeness (QED) is 0.716. The number of nitrogens with zero attached hydrogens (tertiary/aromatic N) is 1. The fraction of sp³-hybridized carbons (Fsp3) is 0.333. The molecule has 1 saturated heterocycles. The lowest BCUT2D eigenvalue weighted by Gasteiger charge is -2.50. The maximum absolute atomic E-state index is 10.1. The topological polar surface area (TPSA) is 39.3 Å². The molecule has 2 aliphatic rings. The highest BCUT2D eigenvalue weighted by Crippen LogP contribution is 2.51. The number of benzene rings is 2. The van der Waals surface area contributed by atoms with Crippen LogP contribution in [0.4, 0.5) is 0 Å². The Balaban J connectivity index is 1.83. The Morgan fingerprint density at radius 3 is 2.92 bits per heavy atom. The third-order valence-electron chi connectivity index (χ3n) is 6.20. The zero-order chi connectivity index (χ0) is 16.3. The summed E-state index contributed by atoms with van der Waals surface area (Å²) in [4.78, 5) is 6.18. The Hall–Kier alpha value is -2.26. The van der Waals surface area contributed by atoms with E-state index in [9.17, 15) is 5.11 Å². The predicted octanol–water partition coefficient (Wildman–Crippen LogP) is 3.81. The molecule has 2 atom stereocenters. The van der Waals surface area contributed by atoms with Crippen LogP contribution in [0.5, 0.6) is 5.75 Å². The molecule has 122 valence electrons. The molecular weight excluding hydrogens is 296 g/mol. The monoisotopic (exact) mass is 318 g/mol. The summed E-state index contributed by atoms with van der Waals surface area (Å²) >= 11 is 0. The summed E-state index contributed by atoms with van der Waals surface area (Å²) in [5.41, 5.74) is 5.34. The number of H-pyrrole nitrogens is 1. The molecule has 2 aromatic carbocycles. The van der Waals surface area contributed by atoms with Crippen molar-refractivity contribution in [2.75, 3.05) is 13.6 Å². The van der Waals surface area contributed by atoms with E-state index in [2.05, 4.69) is 47.3 Å². The molecule has 2 heterocycles. The Morgan fingerprint density at radius 2 is 2.04 bits per heavy atom. The summed E-state index contributed by atoms with van der Waals surface area (Å²) in [6.07, 6.45) is 3.31. The first kappa shape index (κ1) is 14.1. The number of phenolic OH excluding ortho intramolecular Hbond substituents is 1. The summed E-state index contributed by atoms with van der Waals surface area (Å²) < 4.78 is 0. The van der Waals surface area contributed by atoms with Gasteiger partial charge in [-0.2, -0.15) is 0 Å². The second-order valence-electron chi connectivity index (χ2n) is 7.45. The lowest BCUT2D eigenvalue weighted by molar-refractivity contribution is 0.123. The SMILES string of the molecule is CN1CC[C@]2(c3cccc(O)c3)C[C@H]1Cc1[nH]c3ccccc3c12. The Morgan fingerprint density at radius 1 is 1.17 bits per heavy atom. The van der Waals surface area contributed by atoms with Gasteiger partial charge in [-0.25, -0.2) is 0 Å². The first-order valence-corrected chi connectivity index (χ1v) is 8.77. The molecule has 3 aromatic rings. The van der Waals surface area contributed by atoms with Gasteiger partial charge in [-0.3, -0.25) is 0 Å². The maximum atomic E-state index is 10.1. The van der Waals surface area contributed by atoms with E-state index < -0.39 is 0 Å². The second-order valence-corrected chi connectivity index (χ2v) is 7.45. The minimum absolute atomic E-state index is 0.00308. The number of aromatic amines is 1. The van der Waals surface area contributed by atoms with Gasteiger partial charge in [0.1, 0.15) is 5.75 Å². The number of aromatic nitrogens is 1. The smallest absolute Gasteiger partial charge is 0.115 e. The molecule has 0 radical (unpaired) electrons. The first-order valence-electron chi connectivity index (χ1n) is 8.77. The van der Waals surface area contributed by atoms with Gasteiger partial charge in [0, 0.05) is 34.5 Å². The van der Waals surface area contributed by atoms with Crippen molar-refractivity contribution < 1.29 is 5.11 Å². The van der Waals surface area contributed by atoms with Crippen LogP contribution in [-0.2, 0) is 11.8 Å². The number of aromatic hydroxyl groups is 1. The van der Waals surface area contributed by atoms with E-state index in [1.165, 1.54) is 27.7 Å². The minimum atomic E-state index is 0.00308. The average molecular weight is 318 g/mol. The van der Waals surface area contributed by atoms with Crippen molar-refractivity contribution in [1.29, 1.82) is 0 Å². The first-order chi connectivity index (χ1) is 11.7. The lowest BCUT2D eigenvalue weighted by Crippen LogP contribution is -2.52. The molecule has 1 aromatic heterocycles. The van der Waals surface area contributed by atoms with Crippen molar-refractivity contribution in [3.63, 3.8) is 0 Å². The number of likely N-dealkylation sites (N-methyl/N-ethyl adjacent to an activating group) is 1. The molecule has 1 aliphatic carbocycles. The van der Waals surface area contributed by atoms with Gasteiger partial charge in [-0.15, -0.1) is 0 Å². The molecule has 0 spiro atoms. The number of para-hydroxylation sites is 1. The minimum Gasteiger partial charge on any atom is -0.508 e. The normalized spacial score (nSPS) is 26.5. The standard InChI is InChI=1S/C21H22N2O/c1-23-10-9-21(14-5-4-6-16(24)11-14)13-15(23)12-19-20(21)17-7-2-3-8-18(17)22-19/h2-8,11,15,22,24H,9-10,12-13H2,1H3/t15-,21-/m1/s1. The van der Waals surface area contributed by atoms with Crippen molar-refractivity contribution in [1.82, 2.24) is 9.88 Å². The third-order valence-corrected chi connectivity index (χ3v) is 6.20. The number of piperidine rings is 1. The van der Waals surface area contributed by atoms with Gasteiger partial charge in [0.05, 0.1) is 0 Å². The van der Waals surface area contributed by atoms with E-state index in [1.54, 1.807) is 6.07 Å². The molecular formula is C21H22N2O. The summed E-state index contributed by atoms with van der Waals surface area (Å²) in [6.45, 7) is 1.10. The number of likely N-dealkylation sites (tertiary alicyclic amines) is 1. The Kier molecular flexibility index (Phi) is 2.86. The van der Waals surface area contributed by atoms with Gasteiger partial charge < -0.3 is 15.0 Å². The summed E-state index contributed by atoms with van der Waals surface area (Å²) in [5.74, 6) is 0.365. The fourth-order valence-corrected chi connectivity index (χ4v) is 5.01. The van der Waals surface area contributed by atoms with Crippen LogP contribution in [0.2, 0.25) is 0 Å². The van der Waals surface area contributed by atoms with Crippen LogP contribution in [0, 0.1) is 0 Å². The van der Waals surface area contributed by atoms with Gasteiger partial charge >= 0.3 is 0 Å². The van der Waals surface area contributed by atoms with Crippen LogP contribution < -0.4 is 0 Å². The summed E-state index contributed by atoms with van der Waals surface area (Å²) in [7, 11) is 2.24. The van der Waals surface area contributed by atoms with Crippen LogP contribution in [0.25, 0.3) is 10.9 Å². The van der Waals surface area contributed by atoms with Gasteiger partial charge in [0.15, 0.2) is 0 Å². The number of phenols is 1. The molecule has 0 amide bonds. The molecule has 0 saturated carbocycles. The Bertz CT molecular complexity index is 928. The van der Waals surface area contributed by atoms with E-state index in [0.29, 0.717) is 11.8 Å². The van der Waals surface area contributed by atoms with Crippen molar-refractivity contribution in [2.45, 2.75) is 30.7 Å². The molecule has 1 aliphatic heterocycles. The van der Waals surface area contributed by atoms with Gasteiger partial charge in [0.2, 0.25) is 0 Å². The zero-order valence-corrected chi connectivity index (χ0v) is 13.9. The lowest BCUT2D eigenvalue weighted by atomic mass is 9.61. The molecule has 5 rings (SSSR count). The van der Waals surface area contributed by atoms with Crippen molar-refractivity contribution in [2.24, 2.45) is 0 Å². The summed E-state index contributed by atoms with van der Waals surface area (Å²) in [5, 5.41) is 11.4. The highest BCUT2D eigenvalue weighted by Gasteiger charge is 2.47. The molecule has 1 fully saturated rings. The second kappa shape index (κ2) is 4.87. The number of hydrogen-bond donors (Lipinski definition) is 2. The van der Waals surface area contributed by atoms with Gasteiger partial charge in [0.25, 0.3) is 0 Å². The highest BCUT2D eigenvalue weighted by atomic mass is 16.3. The van der Waals surface area contributed by atoms with E-state index in [1.807, 2.05) is 12.1 Å². The molecule has 0 unspecified atom stereocenters. The van der Waals surface area contributed by atoms with Crippen LogP contribution in [0.1, 0.15) is 29.7 Å². The predicted molar refractivity (Wildman–Crippen MR) is 96.5 cm³/mol. The van der Waals surface area contributed by atoms with Crippen molar-refractivity contribution in [3.8, 4) is 5.75 Å². The number of nitrogens with one attached hydrogen (secondary N) is 1.